The van der Waals surface area contributed by atoms with Crippen molar-refractivity contribution in [2.75, 3.05) is 26.2 Å². The fraction of sp³-hybridized carbons (Fsp3) is 0.529. The highest BCUT2D eigenvalue weighted by Gasteiger charge is 2.23. The third-order valence-corrected chi connectivity index (χ3v) is 4.40. The molecule has 1 amide bonds. The van der Waals surface area contributed by atoms with Gasteiger partial charge < -0.3 is 19.9 Å². The van der Waals surface area contributed by atoms with Crippen molar-refractivity contribution in [2.45, 2.75) is 32.8 Å². The van der Waals surface area contributed by atoms with Gasteiger partial charge in [0, 0.05) is 18.8 Å². The molecule has 3 rings (SSSR count). The first-order valence-corrected chi connectivity index (χ1v) is 8.42. The summed E-state index contributed by atoms with van der Waals surface area (Å²) < 4.78 is 11.0. The van der Waals surface area contributed by atoms with E-state index < -0.39 is 0 Å². The molecule has 2 N–H and O–H groups in total. The van der Waals surface area contributed by atoms with E-state index in [0.29, 0.717) is 19.7 Å². The maximum Gasteiger partial charge on any atom is 0.236 e. The molecule has 1 fully saturated rings. The summed E-state index contributed by atoms with van der Waals surface area (Å²) in [6.07, 6.45) is 3.09. The number of hydrogen-bond acceptors (Lipinski definition) is 7. The van der Waals surface area contributed by atoms with Crippen LogP contribution in [0.5, 0.6) is 0 Å². The highest BCUT2D eigenvalue weighted by atomic mass is 16.5. The SMILES string of the molecule is Cc1noc(C)c1-c1cc(CC[C@H]2CN(C(=O)CN)CCO2)ncn1. The number of aryl methyl sites for hydroxylation is 3. The van der Waals surface area contributed by atoms with Gasteiger partial charge in [0.1, 0.15) is 12.1 Å². The van der Waals surface area contributed by atoms with E-state index in [4.69, 9.17) is 15.0 Å². The van der Waals surface area contributed by atoms with Crippen molar-refractivity contribution < 1.29 is 14.1 Å². The van der Waals surface area contributed by atoms with Crippen molar-refractivity contribution in [3.8, 4) is 11.3 Å². The molecule has 0 aromatic carbocycles. The Morgan fingerprint density at radius 1 is 1.40 bits per heavy atom. The molecule has 1 aliphatic heterocycles. The van der Waals surface area contributed by atoms with E-state index in [1.54, 1.807) is 11.2 Å². The van der Waals surface area contributed by atoms with Gasteiger partial charge in [0.05, 0.1) is 36.2 Å². The van der Waals surface area contributed by atoms with Gasteiger partial charge in [-0.15, -0.1) is 0 Å². The first-order valence-electron chi connectivity index (χ1n) is 8.42. The predicted molar refractivity (Wildman–Crippen MR) is 90.7 cm³/mol. The number of amides is 1. The van der Waals surface area contributed by atoms with Crippen LogP contribution in [0.4, 0.5) is 0 Å². The van der Waals surface area contributed by atoms with Gasteiger partial charge in [0.2, 0.25) is 5.91 Å². The van der Waals surface area contributed by atoms with Gasteiger partial charge in [-0.25, -0.2) is 9.97 Å². The normalized spacial score (nSPS) is 17.7. The van der Waals surface area contributed by atoms with E-state index in [-0.39, 0.29) is 18.6 Å². The third-order valence-electron chi connectivity index (χ3n) is 4.40. The minimum absolute atomic E-state index is 0.00160. The number of carbonyl (C=O) groups is 1. The molecule has 2 aromatic rings. The second-order valence-electron chi connectivity index (χ2n) is 6.17. The first kappa shape index (κ1) is 17.5. The van der Waals surface area contributed by atoms with Crippen LogP contribution in [0.25, 0.3) is 11.3 Å². The number of ether oxygens (including phenoxy) is 1. The van der Waals surface area contributed by atoms with E-state index in [1.807, 2.05) is 19.9 Å². The number of rotatable bonds is 5. The molecule has 0 bridgehead atoms. The Kier molecular flexibility index (Phi) is 5.40. The summed E-state index contributed by atoms with van der Waals surface area (Å²) >= 11 is 0. The Bertz CT molecular complexity index is 726. The largest absolute Gasteiger partial charge is 0.375 e. The lowest BCUT2D eigenvalue weighted by atomic mass is 10.1. The summed E-state index contributed by atoms with van der Waals surface area (Å²) in [5.41, 5.74) is 8.90. The lowest BCUT2D eigenvalue weighted by Crippen LogP contribution is -2.47. The van der Waals surface area contributed by atoms with Crippen LogP contribution < -0.4 is 5.73 Å². The Labute approximate surface area is 146 Å². The summed E-state index contributed by atoms with van der Waals surface area (Å²) in [5.74, 6) is 0.713. The standard InChI is InChI=1S/C17H23N5O3/c1-11-17(12(2)25-21-11)15-7-13(19-10-20-15)3-4-14-9-22(5-6-24-14)16(23)8-18/h7,10,14H,3-6,8-9,18H2,1-2H3/t14-/m0/s1. The Morgan fingerprint density at radius 2 is 2.24 bits per heavy atom. The van der Waals surface area contributed by atoms with Crippen LogP contribution in [0, 0.1) is 13.8 Å². The number of nitrogens with zero attached hydrogens (tertiary/aromatic N) is 4. The quantitative estimate of drug-likeness (QED) is 0.856. The van der Waals surface area contributed by atoms with Crippen molar-refractivity contribution >= 4 is 5.91 Å². The van der Waals surface area contributed by atoms with Gasteiger partial charge in [-0.2, -0.15) is 0 Å². The summed E-state index contributed by atoms with van der Waals surface area (Å²) in [4.78, 5) is 22.2. The molecule has 8 heteroatoms. The molecule has 2 aromatic heterocycles. The molecule has 1 aliphatic rings. The smallest absolute Gasteiger partial charge is 0.236 e. The minimum Gasteiger partial charge on any atom is -0.375 e. The van der Waals surface area contributed by atoms with Crippen molar-refractivity contribution in [1.29, 1.82) is 0 Å². The van der Waals surface area contributed by atoms with Crippen LogP contribution in [0.1, 0.15) is 23.6 Å². The molecule has 1 saturated heterocycles. The van der Waals surface area contributed by atoms with Gasteiger partial charge in [-0.3, -0.25) is 4.79 Å². The highest BCUT2D eigenvalue weighted by molar-refractivity contribution is 5.78. The average molecular weight is 345 g/mol. The molecule has 0 unspecified atom stereocenters. The fourth-order valence-electron chi connectivity index (χ4n) is 3.08. The van der Waals surface area contributed by atoms with Crippen molar-refractivity contribution in [1.82, 2.24) is 20.0 Å². The van der Waals surface area contributed by atoms with Crippen LogP contribution in [-0.4, -0.2) is 58.3 Å². The van der Waals surface area contributed by atoms with Gasteiger partial charge in [0.25, 0.3) is 0 Å². The summed E-state index contributed by atoms with van der Waals surface area (Å²) in [5, 5.41) is 3.97. The zero-order valence-corrected chi connectivity index (χ0v) is 14.6. The monoisotopic (exact) mass is 345 g/mol. The van der Waals surface area contributed by atoms with E-state index in [0.717, 1.165) is 41.2 Å². The van der Waals surface area contributed by atoms with Crippen LogP contribution in [-0.2, 0) is 16.0 Å². The fourth-order valence-corrected chi connectivity index (χ4v) is 3.08. The Balaban J connectivity index is 1.64. The molecule has 0 aliphatic carbocycles. The molecule has 0 spiro atoms. The van der Waals surface area contributed by atoms with Crippen LogP contribution in [0.2, 0.25) is 0 Å². The summed E-state index contributed by atoms with van der Waals surface area (Å²) in [6.45, 7) is 5.54. The first-order chi connectivity index (χ1) is 12.1. The predicted octanol–water partition coefficient (Wildman–Crippen LogP) is 0.867. The topological polar surface area (TPSA) is 107 Å². The Morgan fingerprint density at radius 3 is 2.96 bits per heavy atom. The zero-order valence-electron chi connectivity index (χ0n) is 14.6. The molecule has 134 valence electrons. The molecule has 8 nitrogen and oxygen atoms in total. The number of aromatic nitrogens is 3. The summed E-state index contributed by atoms with van der Waals surface area (Å²) in [6, 6.07) is 1.96. The van der Waals surface area contributed by atoms with Crippen molar-refractivity contribution in [3.05, 3.63) is 29.5 Å². The number of carbonyl (C=O) groups excluding carboxylic acids is 1. The second-order valence-corrected chi connectivity index (χ2v) is 6.17. The van der Waals surface area contributed by atoms with Gasteiger partial charge in [0.15, 0.2) is 0 Å². The second kappa shape index (κ2) is 7.71. The lowest BCUT2D eigenvalue weighted by Gasteiger charge is -2.32. The molecule has 1 atom stereocenters. The molecular formula is C17H23N5O3. The molecule has 3 heterocycles. The van der Waals surface area contributed by atoms with E-state index in [2.05, 4.69) is 15.1 Å². The van der Waals surface area contributed by atoms with Crippen LogP contribution >= 0.6 is 0 Å². The maximum atomic E-state index is 11.7. The van der Waals surface area contributed by atoms with Crippen molar-refractivity contribution in [2.24, 2.45) is 5.73 Å². The molecule has 0 saturated carbocycles. The van der Waals surface area contributed by atoms with Crippen LogP contribution in [0.3, 0.4) is 0 Å². The van der Waals surface area contributed by atoms with Crippen molar-refractivity contribution in [3.63, 3.8) is 0 Å². The number of hydrogen-bond donors (Lipinski definition) is 1. The van der Waals surface area contributed by atoms with E-state index in [9.17, 15) is 4.79 Å². The van der Waals surface area contributed by atoms with Crippen LogP contribution in [0.15, 0.2) is 16.9 Å². The third kappa shape index (κ3) is 4.02. The molecule has 25 heavy (non-hydrogen) atoms. The van der Waals surface area contributed by atoms with Gasteiger partial charge in [-0.1, -0.05) is 5.16 Å². The zero-order chi connectivity index (χ0) is 17.8. The maximum absolute atomic E-state index is 11.7. The van der Waals surface area contributed by atoms with E-state index >= 15 is 0 Å². The highest BCUT2D eigenvalue weighted by Crippen LogP contribution is 2.25. The Hall–Kier alpha value is -2.32. The van der Waals surface area contributed by atoms with Gasteiger partial charge >= 0.3 is 0 Å². The number of nitrogens with two attached hydrogens (primary N) is 1. The molecular weight excluding hydrogens is 322 g/mol. The van der Waals surface area contributed by atoms with Gasteiger partial charge in [-0.05, 0) is 32.8 Å². The summed E-state index contributed by atoms with van der Waals surface area (Å²) in [7, 11) is 0. The van der Waals surface area contributed by atoms with E-state index in [1.165, 1.54) is 0 Å². The molecule has 0 radical (unpaired) electrons. The lowest BCUT2D eigenvalue weighted by molar-refractivity contribution is -0.137. The minimum atomic E-state index is -0.0315. The number of morpholine rings is 1. The average Bonchev–Trinajstić information content (AvgIpc) is 2.98.